The van der Waals surface area contributed by atoms with Crippen LogP contribution in [0.5, 0.6) is 17.2 Å². The molecule has 0 radical (unpaired) electrons. The number of ether oxygens (including phenoxy) is 2. The Morgan fingerprint density at radius 2 is 1.74 bits per heavy atom. The van der Waals surface area contributed by atoms with Gasteiger partial charge in [-0.25, -0.2) is 4.79 Å². The zero-order valence-corrected chi connectivity index (χ0v) is 15.9. The molecule has 2 rings (SSSR count). The summed E-state index contributed by atoms with van der Waals surface area (Å²) in [6.45, 7) is 3.88. The second-order valence-electron chi connectivity index (χ2n) is 6.27. The molecule has 0 heterocycles. The molecule has 5 nitrogen and oxygen atoms in total. The normalized spacial score (nSPS) is 10.7. The van der Waals surface area contributed by atoms with Gasteiger partial charge >= 0.3 is 5.97 Å². The molecule has 2 aromatic rings. The van der Waals surface area contributed by atoms with Crippen molar-refractivity contribution in [3.63, 3.8) is 0 Å². The molecular weight excluding hydrogens is 344 g/mol. The van der Waals surface area contributed by atoms with E-state index in [0.29, 0.717) is 23.3 Å². The van der Waals surface area contributed by atoms with Gasteiger partial charge in [0.15, 0.2) is 0 Å². The van der Waals surface area contributed by atoms with Gasteiger partial charge in [-0.15, -0.1) is 0 Å². The average Bonchev–Trinajstić information content (AvgIpc) is 2.64. The van der Waals surface area contributed by atoms with Gasteiger partial charge in [0, 0.05) is 5.56 Å². The lowest BCUT2D eigenvalue weighted by atomic mass is 9.97. The highest BCUT2D eigenvalue weighted by atomic mass is 16.5. The number of rotatable bonds is 7. The molecule has 142 valence electrons. The molecule has 5 heteroatoms. The van der Waals surface area contributed by atoms with Crippen molar-refractivity contribution in [1.82, 2.24) is 0 Å². The summed E-state index contributed by atoms with van der Waals surface area (Å²) in [5.74, 6) is -0.276. The quantitative estimate of drug-likeness (QED) is 0.543. The number of carboxylic acids is 1. The van der Waals surface area contributed by atoms with E-state index in [2.05, 4.69) is 0 Å². The van der Waals surface area contributed by atoms with Crippen molar-refractivity contribution in [2.45, 2.75) is 20.3 Å². The molecule has 2 aromatic carbocycles. The molecule has 0 aliphatic heterocycles. The lowest BCUT2D eigenvalue weighted by molar-refractivity contribution is 0.0693. The van der Waals surface area contributed by atoms with Crippen LogP contribution in [-0.2, 0) is 6.42 Å². The molecule has 0 saturated heterocycles. The van der Waals surface area contributed by atoms with Crippen molar-refractivity contribution >= 4 is 18.1 Å². The topological polar surface area (TPSA) is 76.0 Å². The highest BCUT2D eigenvalue weighted by Crippen LogP contribution is 2.36. The fraction of sp³-hybridized carbons (Fsp3) is 0.227. The molecule has 0 aliphatic rings. The molecule has 27 heavy (non-hydrogen) atoms. The summed E-state index contributed by atoms with van der Waals surface area (Å²) in [6.07, 6.45) is 5.73. The zero-order valence-electron chi connectivity index (χ0n) is 15.9. The smallest absolute Gasteiger partial charge is 0.340 e. The molecule has 0 aromatic heterocycles. The first-order valence-corrected chi connectivity index (χ1v) is 8.49. The van der Waals surface area contributed by atoms with Crippen molar-refractivity contribution < 1.29 is 24.5 Å². The number of carboxylic acid groups (broad SMARTS) is 1. The summed E-state index contributed by atoms with van der Waals surface area (Å²) in [5, 5.41) is 20.2. The first kappa shape index (κ1) is 20.1. The summed E-state index contributed by atoms with van der Waals surface area (Å²) in [4.78, 5) is 11.8. The van der Waals surface area contributed by atoms with E-state index in [1.165, 1.54) is 7.11 Å². The Kier molecular flexibility index (Phi) is 6.66. The zero-order chi connectivity index (χ0) is 20.0. The summed E-state index contributed by atoms with van der Waals surface area (Å²) < 4.78 is 10.5. The van der Waals surface area contributed by atoms with Crippen LogP contribution >= 0.6 is 0 Å². The van der Waals surface area contributed by atoms with Gasteiger partial charge in [0.1, 0.15) is 22.8 Å². The molecule has 0 fully saturated rings. The second-order valence-corrected chi connectivity index (χ2v) is 6.27. The fourth-order valence-corrected chi connectivity index (χ4v) is 2.65. The van der Waals surface area contributed by atoms with Crippen LogP contribution in [0.3, 0.4) is 0 Å². The SMILES string of the molecule is COc1ccc(/C=C/c2cc(OC)c(CC=C(C)C)c(O)c2C(=O)O)cc1. The predicted octanol–water partition coefficient (Wildman–Crippen LogP) is 4.79. The molecule has 0 bridgehead atoms. The Hall–Kier alpha value is -3.21. The number of phenols is 1. The summed E-state index contributed by atoms with van der Waals surface area (Å²) in [6, 6.07) is 8.99. The number of aromatic carboxylic acids is 1. The first-order valence-electron chi connectivity index (χ1n) is 8.49. The minimum absolute atomic E-state index is 0.141. The van der Waals surface area contributed by atoms with Gasteiger partial charge in [0.2, 0.25) is 0 Å². The van der Waals surface area contributed by atoms with Crippen LogP contribution in [0.25, 0.3) is 12.2 Å². The minimum atomic E-state index is -1.19. The van der Waals surface area contributed by atoms with Crippen LogP contribution in [0, 0.1) is 0 Å². The lowest BCUT2D eigenvalue weighted by Gasteiger charge is -2.14. The number of hydrogen-bond acceptors (Lipinski definition) is 4. The maximum atomic E-state index is 11.8. The van der Waals surface area contributed by atoms with Crippen molar-refractivity contribution in [2.75, 3.05) is 14.2 Å². The van der Waals surface area contributed by atoms with Crippen LogP contribution in [0.1, 0.15) is 40.9 Å². The molecule has 2 N–H and O–H groups in total. The maximum absolute atomic E-state index is 11.8. The summed E-state index contributed by atoms with van der Waals surface area (Å²) in [7, 11) is 3.09. The third-order valence-corrected chi connectivity index (χ3v) is 4.11. The van der Waals surface area contributed by atoms with Crippen molar-refractivity contribution in [1.29, 1.82) is 0 Å². The minimum Gasteiger partial charge on any atom is -0.507 e. The molecule has 0 unspecified atom stereocenters. The number of hydrogen-bond donors (Lipinski definition) is 2. The maximum Gasteiger partial charge on any atom is 0.340 e. The van der Waals surface area contributed by atoms with Gasteiger partial charge in [-0.1, -0.05) is 35.9 Å². The van der Waals surface area contributed by atoms with Crippen LogP contribution < -0.4 is 9.47 Å². The number of allylic oxidation sites excluding steroid dienone is 2. The Balaban J connectivity index is 2.51. The Morgan fingerprint density at radius 1 is 1.07 bits per heavy atom. The molecular formula is C22H24O5. The monoisotopic (exact) mass is 368 g/mol. The second kappa shape index (κ2) is 8.94. The van der Waals surface area contributed by atoms with Gasteiger partial charge in [0.05, 0.1) is 14.2 Å². The molecule has 0 aliphatic carbocycles. The van der Waals surface area contributed by atoms with Crippen LogP contribution in [0.4, 0.5) is 0 Å². The molecule has 0 amide bonds. The largest absolute Gasteiger partial charge is 0.507 e. The summed E-state index contributed by atoms with van der Waals surface area (Å²) in [5.41, 5.74) is 2.63. The highest BCUT2D eigenvalue weighted by Gasteiger charge is 2.21. The van der Waals surface area contributed by atoms with E-state index < -0.39 is 5.97 Å². The van der Waals surface area contributed by atoms with E-state index in [9.17, 15) is 15.0 Å². The van der Waals surface area contributed by atoms with Gasteiger partial charge < -0.3 is 19.7 Å². The third-order valence-electron chi connectivity index (χ3n) is 4.11. The van der Waals surface area contributed by atoms with Crippen molar-refractivity contribution in [3.8, 4) is 17.2 Å². The number of benzene rings is 2. The van der Waals surface area contributed by atoms with Crippen LogP contribution in [0.15, 0.2) is 42.0 Å². The third kappa shape index (κ3) is 4.91. The Morgan fingerprint density at radius 3 is 2.26 bits per heavy atom. The van der Waals surface area contributed by atoms with Gasteiger partial charge in [0.25, 0.3) is 0 Å². The highest BCUT2D eigenvalue weighted by molar-refractivity contribution is 5.97. The first-order chi connectivity index (χ1) is 12.9. The van der Waals surface area contributed by atoms with Crippen LogP contribution in [-0.4, -0.2) is 30.4 Å². The standard InChI is InChI=1S/C22H24O5/c1-14(2)5-12-18-19(27-4)13-16(20(21(18)23)22(24)25)9-6-15-7-10-17(26-3)11-8-15/h5-11,13,23H,12H2,1-4H3,(H,24,25)/b9-6+. The van der Waals surface area contributed by atoms with E-state index in [4.69, 9.17) is 9.47 Å². The van der Waals surface area contributed by atoms with E-state index in [1.54, 1.807) is 25.3 Å². The van der Waals surface area contributed by atoms with Crippen molar-refractivity contribution in [3.05, 3.63) is 64.2 Å². The lowest BCUT2D eigenvalue weighted by Crippen LogP contribution is -2.04. The van der Waals surface area contributed by atoms with Crippen molar-refractivity contribution in [2.24, 2.45) is 0 Å². The van der Waals surface area contributed by atoms with E-state index in [0.717, 1.165) is 16.9 Å². The number of aromatic hydroxyl groups is 1. The van der Waals surface area contributed by atoms with E-state index >= 15 is 0 Å². The van der Waals surface area contributed by atoms with Gasteiger partial charge in [-0.2, -0.15) is 0 Å². The Labute approximate surface area is 159 Å². The fourth-order valence-electron chi connectivity index (χ4n) is 2.65. The predicted molar refractivity (Wildman–Crippen MR) is 107 cm³/mol. The molecule has 0 atom stereocenters. The number of methoxy groups -OCH3 is 2. The van der Waals surface area contributed by atoms with Gasteiger partial charge in [-0.05, 0) is 49.6 Å². The average molecular weight is 368 g/mol. The van der Waals surface area contributed by atoms with Crippen LogP contribution in [0.2, 0.25) is 0 Å². The van der Waals surface area contributed by atoms with Gasteiger partial charge in [-0.3, -0.25) is 0 Å². The molecule has 0 saturated carbocycles. The molecule has 0 spiro atoms. The van der Waals surface area contributed by atoms with E-state index in [-0.39, 0.29) is 11.3 Å². The Bertz CT molecular complexity index is 873. The van der Waals surface area contributed by atoms with E-state index in [1.807, 2.05) is 44.2 Å². The summed E-state index contributed by atoms with van der Waals surface area (Å²) >= 11 is 0. The number of carbonyl (C=O) groups is 1.